The molecule has 0 radical (unpaired) electrons. The van der Waals surface area contributed by atoms with E-state index in [1.165, 1.54) is 64.2 Å². The first kappa shape index (κ1) is 27.4. The third-order valence-corrected chi connectivity index (χ3v) is 3.45. The highest BCUT2D eigenvalue weighted by atomic mass is 31.2. The summed E-state index contributed by atoms with van der Waals surface area (Å²) >= 11 is 0. The van der Waals surface area contributed by atoms with Crippen molar-refractivity contribution in [2.75, 3.05) is 6.61 Å². The highest BCUT2D eigenvalue weighted by Crippen LogP contribution is 2.32. The van der Waals surface area contributed by atoms with E-state index in [0.29, 0.717) is 5.60 Å². The fraction of sp³-hybridized carbons (Fsp3) is 1.00. The summed E-state index contributed by atoms with van der Waals surface area (Å²) in [6.45, 7) is 5.52. The van der Waals surface area contributed by atoms with Gasteiger partial charge in [-0.3, -0.25) is 0 Å². The van der Waals surface area contributed by atoms with Gasteiger partial charge in [-0.2, -0.15) is 0 Å². The van der Waals surface area contributed by atoms with Crippen molar-refractivity contribution in [3.05, 3.63) is 0 Å². The minimum atomic E-state index is -4.64. The highest BCUT2D eigenvalue weighted by molar-refractivity contribution is 7.45. The third kappa shape index (κ3) is 40.3. The molecule has 1 saturated heterocycles. The molecule has 0 aromatic carbocycles. The molecule has 0 spiro atoms. The van der Waals surface area contributed by atoms with Crippen LogP contribution >= 0.6 is 15.6 Å². The van der Waals surface area contributed by atoms with E-state index in [9.17, 15) is 0 Å². The molecule has 0 aromatic heterocycles. The number of hydrogen-bond donors (Lipinski definition) is 6. The summed E-state index contributed by atoms with van der Waals surface area (Å²) in [6.07, 6.45) is 14.1. The molecule has 0 amide bonds. The number of unbranched alkanes of at least 4 members (excludes halogenated alkanes) is 8. The molecule has 1 rings (SSSR count). The van der Waals surface area contributed by atoms with Gasteiger partial charge in [-0.1, -0.05) is 64.7 Å². The highest BCUT2D eigenvalue weighted by Gasteiger charge is 2.37. The minimum absolute atomic E-state index is 0.293. The van der Waals surface area contributed by atoms with Crippen molar-refractivity contribution in [2.45, 2.75) is 83.7 Å². The second kappa shape index (κ2) is 14.3. The molecule has 11 heteroatoms. The van der Waals surface area contributed by atoms with Crippen LogP contribution in [-0.4, -0.2) is 41.6 Å². The Balaban J connectivity index is 0. The van der Waals surface area contributed by atoms with Crippen LogP contribution in [0.4, 0.5) is 0 Å². The first-order valence-corrected chi connectivity index (χ1v) is 11.6. The molecule has 6 N–H and O–H groups in total. The maximum atomic E-state index is 8.88. The van der Waals surface area contributed by atoms with E-state index in [1.54, 1.807) is 0 Å². The largest absolute Gasteiger partial charge is 0.466 e. The summed E-state index contributed by atoms with van der Waals surface area (Å²) < 4.78 is 23.1. The summed E-state index contributed by atoms with van der Waals surface area (Å²) in [5.74, 6) is 0. The van der Waals surface area contributed by atoms with E-state index in [0.717, 1.165) is 6.61 Å². The standard InChI is InChI=1S/C14H28O.2H3O4P/c1-3-4-5-6-7-8-9-10-11-12-14(2)13-15-14;2*1-5(2,3)4/h3-13H2,1-2H3;2*(H3,1,2,3,4). The van der Waals surface area contributed by atoms with Gasteiger partial charge in [0.15, 0.2) is 0 Å². The smallest absolute Gasteiger partial charge is 0.370 e. The molecule has 0 aromatic rings. The van der Waals surface area contributed by atoms with E-state index < -0.39 is 15.6 Å². The predicted molar refractivity (Wildman–Crippen MR) is 94.7 cm³/mol. The SMILES string of the molecule is CCCCCCCCCCCC1(C)CO1.O=P(O)(O)O.O=P(O)(O)O. The summed E-state index contributed by atoms with van der Waals surface area (Å²) in [4.78, 5) is 43.1. The normalized spacial score (nSPS) is 19.4. The van der Waals surface area contributed by atoms with Gasteiger partial charge in [0.25, 0.3) is 0 Å². The van der Waals surface area contributed by atoms with Crippen molar-refractivity contribution in [3.8, 4) is 0 Å². The Morgan fingerprint density at radius 2 is 1.04 bits per heavy atom. The second-order valence-corrected chi connectivity index (χ2v) is 8.40. The van der Waals surface area contributed by atoms with Gasteiger partial charge in [0.2, 0.25) is 0 Å². The average molecular weight is 408 g/mol. The van der Waals surface area contributed by atoms with Gasteiger partial charge in [-0.05, 0) is 13.3 Å². The molecule has 0 bridgehead atoms. The Bertz CT molecular complexity index is 365. The second-order valence-electron chi connectivity index (χ2n) is 6.34. The molecule has 0 aliphatic carbocycles. The monoisotopic (exact) mass is 408 g/mol. The number of phosphoric acid groups is 2. The van der Waals surface area contributed by atoms with Crippen LogP contribution in [0.2, 0.25) is 0 Å². The molecule has 25 heavy (non-hydrogen) atoms. The lowest BCUT2D eigenvalue weighted by Crippen LogP contribution is -2.02. The fourth-order valence-corrected chi connectivity index (χ4v) is 2.08. The van der Waals surface area contributed by atoms with Crippen LogP contribution in [0.25, 0.3) is 0 Å². The summed E-state index contributed by atoms with van der Waals surface area (Å²) in [6, 6.07) is 0. The molecule has 1 aliphatic rings. The van der Waals surface area contributed by atoms with E-state index >= 15 is 0 Å². The lowest BCUT2D eigenvalue weighted by molar-refractivity contribution is 0.272. The van der Waals surface area contributed by atoms with Gasteiger partial charge in [-0.25, -0.2) is 9.13 Å². The van der Waals surface area contributed by atoms with Crippen LogP contribution in [0.1, 0.15) is 78.1 Å². The van der Waals surface area contributed by atoms with Crippen molar-refractivity contribution in [3.63, 3.8) is 0 Å². The number of ether oxygens (including phenoxy) is 1. The Morgan fingerprint density at radius 3 is 1.32 bits per heavy atom. The van der Waals surface area contributed by atoms with E-state index in [2.05, 4.69) is 13.8 Å². The molecular weight excluding hydrogens is 374 g/mol. The van der Waals surface area contributed by atoms with Gasteiger partial charge in [0.05, 0.1) is 12.2 Å². The number of epoxide rings is 1. The van der Waals surface area contributed by atoms with Crippen LogP contribution in [0.15, 0.2) is 0 Å². The lowest BCUT2D eigenvalue weighted by atomic mass is 10.0. The third-order valence-electron chi connectivity index (χ3n) is 3.45. The van der Waals surface area contributed by atoms with Gasteiger partial charge >= 0.3 is 15.6 Å². The van der Waals surface area contributed by atoms with Crippen molar-refractivity contribution in [1.82, 2.24) is 0 Å². The van der Waals surface area contributed by atoms with Gasteiger partial charge in [0.1, 0.15) is 0 Å². The zero-order chi connectivity index (χ0) is 20.0. The number of hydrogen-bond acceptors (Lipinski definition) is 3. The zero-order valence-corrected chi connectivity index (χ0v) is 16.9. The van der Waals surface area contributed by atoms with Gasteiger partial charge in [0, 0.05) is 0 Å². The maximum absolute atomic E-state index is 8.88. The summed E-state index contributed by atoms with van der Waals surface area (Å²) in [7, 11) is -9.28. The van der Waals surface area contributed by atoms with E-state index in [1.807, 2.05) is 0 Å². The Kier molecular flexibility index (Phi) is 15.6. The molecule has 1 heterocycles. The van der Waals surface area contributed by atoms with Gasteiger partial charge < -0.3 is 34.1 Å². The first-order chi connectivity index (χ1) is 11.3. The predicted octanol–water partition coefficient (Wildman–Crippen LogP) is 2.84. The Morgan fingerprint density at radius 1 is 0.760 bits per heavy atom. The van der Waals surface area contributed by atoms with Crippen LogP contribution in [0, 0.1) is 0 Å². The van der Waals surface area contributed by atoms with Crippen LogP contribution in [0.3, 0.4) is 0 Å². The zero-order valence-electron chi connectivity index (χ0n) is 15.1. The van der Waals surface area contributed by atoms with Crippen molar-refractivity contribution in [1.29, 1.82) is 0 Å². The average Bonchev–Trinajstić information content (AvgIpc) is 3.11. The lowest BCUT2D eigenvalue weighted by Gasteiger charge is -2.04. The van der Waals surface area contributed by atoms with Crippen molar-refractivity contribution < 1.29 is 43.2 Å². The van der Waals surface area contributed by atoms with Crippen molar-refractivity contribution in [2.24, 2.45) is 0 Å². The molecule has 0 saturated carbocycles. The van der Waals surface area contributed by atoms with Gasteiger partial charge in [-0.15, -0.1) is 0 Å². The van der Waals surface area contributed by atoms with E-state index in [4.69, 9.17) is 43.2 Å². The molecule has 154 valence electrons. The summed E-state index contributed by atoms with van der Waals surface area (Å²) in [5.41, 5.74) is 0.293. The minimum Gasteiger partial charge on any atom is -0.370 e. The molecule has 1 atom stereocenters. The molecule has 1 aliphatic heterocycles. The van der Waals surface area contributed by atoms with Crippen LogP contribution < -0.4 is 0 Å². The number of rotatable bonds is 10. The first-order valence-electron chi connectivity index (χ1n) is 8.47. The van der Waals surface area contributed by atoms with E-state index in [-0.39, 0.29) is 0 Å². The Hall–Kier alpha value is 0.180. The molecule has 9 nitrogen and oxygen atoms in total. The fourth-order valence-electron chi connectivity index (χ4n) is 2.08. The molecule has 1 fully saturated rings. The maximum Gasteiger partial charge on any atom is 0.466 e. The Labute approximate surface area is 149 Å². The quantitative estimate of drug-likeness (QED) is 0.181. The molecule has 1 unspecified atom stereocenters. The summed E-state index contributed by atoms with van der Waals surface area (Å²) in [5, 5.41) is 0. The molecular formula is C14H34O9P2. The van der Waals surface area contributed by atoms with Crippen molar-refractivity contribution >= 4 is 15.6 Å². The van der Waals surface area contributed by atoms with Crippen LogP contribution in [-0.2, 0) is 13.9 Å². The van der Waals surface area contributed by atoms with Crippen LogP contribution in [0.5, 0.6) is 0 Å². The topological polar surface area (TPSA) is 168 Å².